The van der Waals surface area contributed by atoms with Crippen molar-refractivity contribution in [3.63, 3.8) is 0 Å². The van der Waals surface area contributed by atoms with E-state index in [4.69, 9.17) is 0 Å². The molecule has 0 fully saturated rings. The van der Waals surface area contributed by atoms with E-state index < -0.39 is 15.6 Å². The molecule has 0 saturated heterocycles. The van der Waals surface area contributed by atoms with Gasteiger partial charge in [0.25, 0.3) is 10.0 Å². The maximum atomic E-state index is 11.8. The molecule has 1 aromatic rings. The monoisotopic (exact) mass is 233 g/mol. The molecule has 0 atom stereocenters. The Kier molecular flexibility index (Phi) is 3.04. The van der Waals surface area contributed by atoms with Gasteiger partial charge < -0.3 is 0 Å². The SMILES string of the molecule is Cc1ccc(S(=O)(=O)NC(C)(C)C)s1. The highest BCUT2D eigenvalue weighted by molar-refractivity contribution is 7.91. The van der Waals surface area contributed by atoms with E-state index in [2.05, 4.69) is 4.72 Å². The Morgan fingerprint density at radius 2 is 1.86 bits per heavy atom. The molecule has 0 amide bonds. The van der Waals surface area contributed by atoms with Crippen LogP contribution in [0.15, 0.2) is 16.3 Å². The minimum atomic E-state index is -3.33. The van der Waals surface area contributed by atoms with E-state index in [0.29, 0.717) is 4.21 Å². The second-order valence-corrected chi connectivity index (χ2v) is 7.42. The first-order valence-corrected chi connectivity index (χ1v) is 6.61. The van der Waals surface area contributed by atoms with Crippen molar-refractivity contribution < 1.29 is 8.42 Å². The number of aryl methyl sites for hydroxylation is 1. The van der Waals surface area contributed by atoms with Gasteiger partial charge in [0, 0.05) is 10.4 Å². The van der Waals surface area contributed by atoms with Gasteiger partial charge in [-0.1, -0.05) is 0 Å². The second kappa shape index (κ2) is 3.64. The van der Waals surface area contributed by atoms with Crippen molar-refractivity contribution in [3.8, 4) is 0 Å². The smallest absolute Gasteiger partial charge is 0.206 e. The molecule has 0 aliphatic heterocycles. The summed E-state index contributed by atoms with van der Waals surface area (Å²) in [7, 11) is -3.33. The van der Waals surface area contributed by atoms with Gasteiger partial charge in [0.05, 0.1) is 0 Å². The standard InChI is InChI=1S/C9H15NO2S2/c1-7-5-6-8(13-7)14(11,12)10-9(2,3)4/h5-6,10H,1-4H3. The molecule has 0 bridgehead atoms. The summed E-state index contributed by atoms with van der Waals surface area (Å²) in [6.07, 6.45) is 0. The van der Waals surface area contributed by atoms with Crippen LogP contribution in [0, 0.1) is 6.92 Å². The van der Waals surface area contributed by atoms with Crippen LogP contribution < -0.4 is 4.72 Å². The second-order valence-electron chi connectivity index (χ2n) is 4.22. The summed E-state index contributed by atoms with van der Waals surface area (Å²) in [6.45, 7) is 7.36. The Hall–Kier alpha value is -0.390. The normalized spacial score (nSPS) is 13.1. The summed E-state index contributed by atoms with van der Waals surface area (Å²) >= 11 is 1.28. The first-order chi connectivity index (χ1) is 6.21. The van der Waals surface area contributed by atoms with Crippen molar-refractivity contribution in [1.82, 2.24) is 4.72 Å². The fraction of sp³-hybridized carbons (Fsp3) is 0.556. The Labute approximate surface area is 89.2 Å². The van der Waals surface area contributed by atoms with Crippen LogP contribution in [0.4, 0.5) is 0 Å². The zero-order chi connectivity index (χ0) is 11.0. The summed E-state index contributed by atoms with van der Waals surface area (Å²) in [5.74, 6) is 0. The van der Waals surface area contributed by atoms with Crippen LogP contribution in [0.5, 0.6) is 0 Å². The summed E-state index contributed by atoms with van der Waals surface area (Å²) in [4.78, 5) is 0.999. The molecule has 1 rings (SSSR count). The van der Waals surface area contributed by atoms with E-state index in [1.807, 2.05) is 33.8 Å². The molecule has 1 aromatic heterocycles. The molecule has 3 nitrogen and oxygen atoms in total. The molecule has 0 radical (unpaired) electrons. The molecule has 1 heterocycles. The minimum absolute atomic E-state index is 0.380. The lowest BCUT2D eigenvalue weighted by Crippen LogP contribution is -2.40. The molecule has 80 valence electrons. The van der Waals surface area contributed by atoms with Gasteiger partial charge in [-0.2, -0.15) is 0 Å². The summed E-state index contributed by atoms with van der Waals surface area (Å²) in [6, 6.07) is 3.44. The third kappa shape index (κ3) is 3.08. The van der Waals surface area contributed by atoms with Crippen LogP contribution in [0.1, 0.15) is 25.6 Å². The van der Waals surface area contributed by atoms with Crippen LogP contribution in [0.3, 0.4) is 0 Å². The average Bonchev–Trinajstić information content (AvgIpc) is 2.29. The number of sulfonamides is 1. The van der Waals surface area contributed by atoms with Gasteiger partial charge in [-0.25, -0.2) is 13.1 Å². The highest BCUT2D eigenvalue weighted by atomic mass is 32.2. The summed E-state index contributed by atoms with van der Waals surface area (Å²) < 4.78 is 26.5. The Bertz CT molecular complexity index is 412. The molecule has 0 unspecified atom stereocenters. The molecular weight excluding hydrogens is 218 g/mol. The van der Waals surface area contributed by atoms with Crippen LogP contribution in [-0.2, 0) is 10.0 Å². The van der Waals surface area contributed by atoms with Gasteiger partial charge in [0.2, 0.25) is 0 Å². The molecular formula is C9H15NO2S2. The van der Waals surface area contributed by atoms with Crippen molar-refractivity contribution in [2.24, 2.45) is 0 Å². The molecule has 14 heavy (non-hydrogen) atoms. The van der Waals surface area contributed by atoms with Crippen molar-refractivity contribution in [3.05, 3.63) is 17.0 Å². The van der Waals surface area contributed by atoms with Crippen LogP contribution in [0.2, 0.25) is 0 Å². The Morgan fingerprint density at radius 3 is 2.21 bits per heavy atom. The molecule has 0 spiro atoms. The fourth-order valence-corrected chi connectivity index (χ4v) is 3.71. The molecule has 5 heteroatoms. The average molecular weight is 233 g/mol. The van der Waals surface area contributed by atoms with E-state index in [9.17, 15) is 8.42 Å². The van der Waals surface area contributed by atoms with Gasteiger partial charge in [-0.3, -0.25) is 0 Å². The molecule has 0 aromatic carbocycles. The van der Waals surface area contributed by atoms with E-state index >= 15 is 0 Å². The summed E-state index contributed by atoms with van der Waals surface area (Å²) in [5.41, 5.74) is -0.434. The van der Waals surface area contributed by atoms with E-state index in [0.717, 1.165) is 4.88 Å². The van der Waals surface area contributed by atoms with Gasteiger partial charge >= 0.3 is 0 Å². The van der Waals surface area contributed by atoms with Crippen LogP contribution >= 0.6 is 11.3 Å². The topological polar surface area (TPSA) is 46.2 Å². The zero-order valence-electron chi connectivity index (χ0n) is 8.79. The van der Waals surface area contributed by atoms with Crippen molar-refractivity contribution in [2.75, 3.05) is 0 Å². The number of thiophene rings is 1. The first kappa shape index (κ1) is 11.7. The lowest BCUT2D eigenvalue weighted by Gasteiger charge is -2.19. The number of nitrogens with one attached hydrogen (secondary N) is 1. The molecule has 0 saturated carbocycles. The number of rotatable bonds is 2. The maximum Gasteiger partial charge on any atom is 0.250 e. The zero-order valence-corrected chi connectivity index (χ0v) is 10.4. The largest absolute Gasteiger partial charge is 0.250 e. The Balaban J connectivity index is 2.98. The van der Waals surface area contributed by atoms with Crippen molar-refractivity contribution >= 4 is 21.4 Å². The number of hydrogen-bond acceptors (Lipinski definition) is 3. The maximum absolute atomic E-state index is 11.8. The predicted octanol–water partition coefficient (Wildman–Crippen LogP) is 2.13. The highest BCUT2D eigenvalue weighted by Crippen LogP contribution is 2.21. The summed E-state index contributed by atoms with van der Waals surface area (Å²) in [5, 5.41) is 0. The predicted molar refractivity (Wildman–Crippen MR) is 59.1 cm³/mol. The van der Waals surface area contributed by atoms with E-state index in [1.54, 1.807) is 6.07 Å². The fourth-order valence-electron chi connectivity index (χ4n) is 1.01. The Morgan fingerprint density at radius 1 is 1.29 bits per heavy atom. The van der Waals surface area contributed by atoms with Crippen LogP contribution in [0.25, 0.3) is 0 Å². The van der Waals surface area contributed by atoms with Gasteiger partial charge in [0.1, 0.15) is 4.21 Å². The molecule has 0 aliphatic rings. The molecule has 1 N–H and O–H groups in total. The van der Waals surface area contributed by atoms with Crippen LogP contribution in [-0.4, -0.2) is 14.0 Å². The molecule has 0 aliphatic carbocycles. The first-order valence-electron chi connectivity index (χ1n) is 4.31. The highest BCUT2D eigenvalue weighted by Gasteiger charge is 2.22. The van der Waals surface area contributed by atoms with E-state index in [1.165, 1.54) is 11.3 Å². The van der Waals surface area contributed by atoms with Gasteiger partial charge in [-0.05, 0) is 39.8 Å². The third-order valence-corrected chi connectivity index (χ3v) is 4.67. The number of hydrogen-bond donors (Lipinski definition) is 1. The third-order valence-electron chi connectivity index (χ3n) is 1.42. The lowest BCUT2D eigenvalue weighted by atomic mass is 10.1. The minimum Gasteiger partial charge on any atom is -0.206 e. The van der Waals surface area contributed by atoms with Crippen molar-refractivity contribution in [1.29, 1.82) is 0 Å². The van der Waals surface area contributed by atoms with E-state index in [-0.39, 0.29) is 0 Å². The van der Waals surface area contributed by atoms with Gasteiger partial charge in [0.15, 0.2) is 0 Å². The lowest BCUT2D eigenvalue weighted by molar-refractivity contribution is 0.492. The van der Waals surface area contributed by atoms with Crippen molar-refractivity contribution in [2.45, 2.75) is 37.4 Å². The van der Waals surface area contributed by atoms with Gasteiger partial charge in [-0.15, -0.1) is 11.3 Å². The quantitative estimate of drug-likeness (QED) is 0.850.